The Labute approximate surface area is 150 Å². The molecule has 1 atom stereocenters. The van der Waals surface area contributed by atoms with Crippen molar-refractivity contribution in [3.63, 3.8) is 0 Å². The molecular formula is C18H18N4O4. The van der Waals surface area contributed by atoms with Crippen LogP contribution >= 0.6 is 0 Å². The quantitative estimate of drug-likeness (QED) is 0.427. The maximum Gasteiger partial charge on any atom is 0.269 e. The third-order valence-corrected chi connectivity index (χ3v) is 3.50. The van der Waals surface area contributed by atoms with E-state index in [0.717, 1.165) is 5.69 Å². The van der Waals surface area contributed by atoms with E-state index in [9.17, 15) is 14.9 Å². The fraction of sp³-hybridized carbons (Fsp3) is 0.222. The number of nitrogens with one attached hydrogen (secondary N) is 2. The normalized spacial score (nSPS) is 11.1. The molecule has 0 saturated carbocycles. The van der Waals surface area contributed by atoms with Crippen molar-refractivity contribution in [3.05, 3.63) is 64.2 Å². The van der Waals surface area contributed by atoms with Gasteiger partial charge in [-0.3, -0.25) is 14.9 Å². The van der Waals surface area contributed by atoms with E-state index in [1.54, 1.807) is 43.3 Å². The number of nitro groups is 1. The van der Waals surface area contributed by atoms with Crippen LogP contribution in [0.4, 0.5) is 11.4 Å². The van der Waals surface area contributed by atoms with Gasteiger partial charge in [-0.25, -0.2) is 0 Å². The number of hydrogen-bond donors (Lipinski definition) is 2. The van der Waals surface area contributed by atoms with E-state index in [0.29, 0.717) is 24.4 Å². The summed E-state index contributed by atoms with van der Waals surface area (Å²) in [5.41, 5.74) is 1.27. The first kappa shape index (κ1) is 18.7. The molecule has 0 aromatic heterocycles. The summed E-state index contributed by atoms with van der Waals surface area (Å²) >= 11 is 0. The van der Waals surface area contributed by atoms with Crippen LogP contribution in [0.2, 0.25) is 0 Å². The van der Waals surface area contributed by atoms with E-state index in [1.807, 2.05) is 6.07 Å². The highest BCUT2D eigenvalue weighted by molar-refractivity contribution is 5.80. The topological polar surface area (TPSA) is 117 Å². The third kappa shape index (κ3) is 5.49. The number of benzene rings is 2. The highest BCUT2D eigenvalue weighted by Crippen LogP contribution is 2.15. The van der Waals surface area contributed by atoms with Crippen molar-refractivity contribution in [3.8, 4) is 11.8 Å². The molecule has 0 spiro atoms. The largest absolute Gasteiger partial charge is 0.481 e. The molecule has 0 saturated heterocycles. The van der Waals surface area contributed by atoms with Gasteiger partial charge in [0.25, 0.3) is 11.6 Å². The summed E-state index contributed by atoms with van der Waals surface area (Å²) in [7, 11) is 0. The molecule has 2 aromatic carbocycles. The number of ether oxygens (including phenoxy) is 1. The Morgan fingerprint density at radius 3 is 2.42 bits per heavy atom. The Morgan fingerprint density at radius 1 is 1.19 bits per heavy atom. The van der Waals surface area contributed by atoms with Crippen LogP contribution < -0.4 is 15.4 Å². The first-order valence-electron chi connectivity index (χ1n) is 7.92. The van der Waals surface area contributed by atoms with Crippen LogP contribution in [0, 0.1) is 21.4 Å². The van der Waals surface area contributed by atoms with Gasteiger partial charge in [-0.1, -0.05) is 0 Å². The summed E-state index contributed by atoms with van der Waals surface area (Å²) in [6.45, 7) is 2.47. The second-order valence-corrected chi connectivity index (χ2v) is 5.42. The van der Waals surface area contributed by atoms with Crippen molar-refractivity contribution < 1.29 is 14.5 Å². The van der Waals surface area contributed by atoms with E-state index in [1.165, 1.54) is 12.1 Å². The van der Waals surface area contributed by atoms with Crippen LogP contribution in [0.15, 0.2) is 48.5 Å². The predicted molar refractivity (Wildman–Crippen MR) is 95.8 cm³/mol. The SMILES string of the molecule is C[C@@H](Oc1ccc(C#N)cc1)C(=O)NCCNc1ccc([N+](=O)[O-])cc1. The van der Waals surface area contributed by atoms with Crippen molar-refractivity contribution in [1.29, 1.82) is 5.26 Å². The zero-order chi connectivity index (χ0) is 18.9. The smallest absolute Gasteiger partial charge is 0.269 e. The van der Waals surface area contributed by atoms with E-state index in [4.69, 9.17) is 10.00 Å². The molecule has 8 heteroatoms. The van der Waals surface area contributed by atoms with Crippen molar-refractivity contribution in [2.75, 3.05) is 18.4 Å². The van der Waals surface area contributed by atoms with Crippen LogP contribution in [0.25, 0.3) is 0 Å². The molecule has 2 aromatic rings. The Bertz CT molecular complexity index is 797. The van der Waals surface area contributed by atoms with Crippen molar-refractivity contribution in [1.82, 2.24) is 5.32 Å². The highest BCUT2D eigenvalue weighted by Gasteiger charge is 2.14. The van der Waals surface area contributed by atoms with Crippen LogP contribution in [-0.2, 0) is 4.79 Å². The van der Waals surface area contributed by atoms with Gasteiger partial charge >= 0.3 is 0 Å². The summed E-state index contributed by atoms with van der Waals surface area (Å²) in [4.78, 5) is 22.1. The van der Waals surface area contributed by atoms with Crippen LogP contribution in [-0.4, -0.2) is 30.0 Å². The number of anilines is 1. The maximum absolute atomic E-state index is 12.0. The molecule has 0 aliphatic carbocycles. The molecule has 2 rings (SSSR count). The van der Waals surface area contributed by atoms with Crippen molar-refractivity contribution in [2.45, 2.75) is 13.0 Å². The predicted octanol–water partition coefficient (Wildman–Crippen LogP) is 2.46. The summed E-state index contributed by atoms with van der Waals surface area (Å²) in [6.07, 6.45) is -0.678. The Hall–Kier alpha value is -3.60. The number of non-ortho nitro benzene ring substituents is 1. The number of carbonyl (C=O) groups excluding carboxylic acids is 1. The van der Waals surface area contributed by atoms with Gasteiger partial charge in [-0.15, -0.1) is 0 Å². The lowest BCUT2D eigenvalue weighted by molar-refractivity contribution is -0.384. The number of rotatable bonds is 8. The number of amides is 1. The zero-order valence-corrected chi connectivity index (χ0v) is 14.1. The van der Waals surface area contributed by atoms with Gasteiger partial charge in [0.1, 0.15) is 5.75 Å². The Balaban J connectivity index is 1.72. The van der Waals surface area contributed by atoms with Crippen molar-refractivity contribution in [2.24, 2.45) is 0 Å². The average Bonchev–Trinajstić information content (AvgIpc) is 2.66. The minimum Gasteiger partial charge on any atom is -0.481 e. The Kier molecular flexibility index (Phi) is 6.51. The first-order chi connectivity index (χ1) is 12.5. The summed E-state index contributed by atoms with van der Waals surface area (Å²) < 4.78 is 5.52. The van der Waals surface area contributed by atoms with Gasteiger partial charge in [-0.2, -0.15) is 5.26 Å². The minimum atomic E-state index is -0.678. The molecule has 0 unspecified atom stereocenters. The monoisotopic (exact) mass is 354 g/mol. The second-order valence-electron chi connectivity index (χ2n) is 5.42. The third-order valence-electron chi connectivity index (χ3n) is 3.50. The molecule has 2 N–H and O–H groups in total. The van der Waals surface area contributed by atoms with Crippen LogP contribution in [0.1, 0.15) is 12.5 Å². The summed E-state index contributed by atoms with van der Waals surface area (Å²) in [5.74, 6) is 0.246. The molecule has 1 amide bonds. The molecule has 0 heterocycles. The van der Waals surface area contributed by atoms with E-state index in [-0.39, 0.29) is 11.6 Å². The van der Waals surface area contributed by atoms with E-state index >= 15 is 0 Å². The molecule has 134 valence electrons. The standard InChI is InChI=1S/C18H18N4O4/c1-13(26-17-8-2-14(12-19)3-9-17)18(23)21-11-10-20-15-4-6-16(7-5-15)22(24)25/h2-9,13,20H,10-11H2,1H3,(H,21,23)/t13-/m1/s1. The molecule has 0 fully saturated rings. The number of nitriles is 1. The molecule has 0 radical (unpaired) electrons. The second kappa shape index (κ2) is 9.03. The lowest BCUT2D eigenvalue weighted by atomic mass is 10.2. The first-order valence-corrected chi connectivity index (χ1v) is 7.92. The van der Waals surface area contributed by atoms with E-state index < -0.39 is 11.0 Å². The fourth-order valence-electron chi connectivity index (χ4n) is 2.10. The summed E-state index contributed by atoms with van der Waals surface area (Å²) in [5, 5.41) is 25.1. The van der Waals surface area contributed by atoms with Crippen LogP contribution in [0.5, 0.6) is 5.75 Å². The van der Waals surface area contributed by atoms with Crippen LogP contribution in [0.3, 0.4) is 0 Å². The molecule has 26 heavy (non-hydrogen) atoms. The molecule has 8 nitrogen and oxygen atoms in total. The number of nitro benzene ring substituents is 1. The maximum atomic E-state index is 12.0. The van der Waals surface area contributed by atoms with Gasteiger partial charge in [-0.05, 0) is 43.3 Å². The lowest BCUT2D eigenvalue weighted by Crippen LogP contribution is -2.38. The number of hydrogen-bond acceptors (Lipinski definition) is 6. The summed E-state index contributed by atoms with van der Waals surface area (Å²) in [6, 6.07) is 14.6. The highest BCUT2D eigenvalue weighted by atomic mass is 16.6. The van der Waals surface area contributed by atoms with Crippen molar-refractivity contribution >= 4 is 17.3 Å². The molecule has 0 aliphatic heterocycles. The van der Waals surface area contributed by atoms with E-state index in [2.05, 4.69) is 10.6 Å². The molecule has 0 bridgehead atoms. The fourth-order valence-corrected chi connectivity index (χ4v) is 2.10. The van der Waals surface area contributed by atoms with Gasteiger partial charge in [0.05, 0.1) is 16.6 Å². The molecular weight excluding hydrogens is 336 g/mol. The van der Waals surface area contributed by atoms with Gasteiger partial charge in [0, 0.05) is 30.9 Å². The zero-order valence-electron chi connectivity index (χ0n) is 14.1. The average molecular weight is 354 g/mol. The Morgan fingerprint density at radius 2 is 1.85 bits per heavy atom. The number of carbonyl (C=O) groups is 1. The molecule has 0 aliphatic rings. The minimum absolute atomic E-state index is 0.0256. The van der Waals surface area contributed by atoms with Gasteiger partial charge in [0.2, 0.25) is 0 Å². The number of nitrogens with zero attached hydrogens (tertiary/aromatic N) is 2. The lowest BCUT2D eigenvalue weighted by Gasteiger charge is -2.15. The van der Waals surface area contributed by atoms with Gasteiger partial charge in [0.15, 0.2) is 6.10 Å². The van der Waals surface area contributed by atoms with Gasteiger partial charge < -0.3 is 15.4 Å².